The van der Waals surface area contributed by atoms with Gasteiger partial charge < -0.3 is 14.2 Å². The molecule has 98 valence electrons. The summed E-state index contributed by atoms with van der Waals surface area (Å²) in [5.74, 6) is -0.435. The van der Waals surface area contributed by atoms with Crippen molar-refractivity contribution in [1.29, 1.82) is 0 Å². The van der Waals surface area contributed by atoms with E-state index in [1.165, 1.54) is 7.11 Å². The number of hydrogen-bond donors (Lipinski definition) is 0. The number of rotatable bonds is 4. The molecule has 1 aliphatic rings. The van der Waals surface area contributed by atoms with Gasteiger partial charge in [0.25, 0.3) is 0 Å². The van der Waals surface area contributed by atoms with Crippen LogP contribution in [-0.4, -0.2) is 38.3 Å². The molecule has 4 nitrogen and oxygen atoms in total. The van der Waals surface area contributed by atoms with Crippen molar-refractivity contribution in [2.45, 2.75) is 25.0 Å². The standard InChI is InChI=1S/C13H15FO4/c1-16-13-11(14)7-10(18-13)8-17-12(15)9-5-3-2-4-6-9/h2-6,10-11,13H,7-8H2,1H3/t10-,11-,13+/m0/s1. The molecule has 5 heteroatoms. The summed E-state index contributed by atoms with van der Waals surface area (Å²) in [5.41, 5.74) is 0.468. The van der Waals surface area contributed by atoms with Crippen LogP contribution in [0.2, 0.25) is 0 Å². The molecule has 0 bridgehead atoms. The minimum Gasteiger partial charge on any atom is -0.459 e. The molecule has 1 aromatic rings. The van der Waals surface area contributed by atoms with Gasteiger partial charge in [-0.1, -0.05) is 18.2 Å². The zero-order valence-electron chi connectivity index (χ0n) is 10.0. The average molecular weight is 254 g/mol. The van der Waals surface area contributed by atoms with Crippen LogP contribution in [0, 0.1) is 0 Å². The molecule has 0 N–H and O–H groups in total. The quantitative estimate of drug-likeness (QED) is 0.770. The number of carbonyl (C=O) groups excluding carboxylic acids is 1. The molecule has 1 aliphatic heterocycles. The SMILES string of the molecule is CO[C@@H]1O[C@H](COC(=O)c2ccccc2)C[C@@H]1F. The highest BCUT2D eigenvalue weighted by Gasteiger charge is 2.36. The van der Waals surface area contributed by atoms with Crippen LogP contribution in [0.3, 0.4) is 0 Å². The van der Waals surface area contributed by atoms with Crippen LogP contribution >= 0.6 is 0 Å². The fourth-order valence-electron chi connectivity index (χ4n) is 1.83. The van der Waals surface area contributed by atoms with E-state index >= 15 is 0 Å². The molecule has 1 fully saturated rings. The minimum absolute atomic E-state index is 0.0357. The van der Waals surface area contributed by atoms with Crippen molar-refractivity contribution in [1.82, 2.24) is 0 Å². The molecule has 0 unspecified atom stereocenters. The lowest BCUT2D eigenvalue weighted by molar-refractivity contribution is -0.141. The van der Waals surface area contributed by atoms with Gasteiger partial charge in [-0.2, -0.15) is 0 Å². The molecule has 18 heavy (non-hydrogen) atoms. The fraction of sp³-hybridized carbons (Fsp3) is 0.462. The highest BCUT2D eigenvalue weighted by atomic mass is 19.1. The molecule has 0 spiro atoms. The third kappa shape index (κ3) is 3.05. The van der Waals surface area contributed by atoms with Gasteiger partial charge in [0.1, 0.15) is 6.61 Å². The van der Waals surface area contributed by atoms with Crippen LogP contribution in [0.1, 0.15) is 16.8 Å². The van der Waals surface area contributed by atoms with Crippen molar-refractivity contribution in [2.24, 2.45) is 0 Å². The second-order valence-electron chi connectivity index (χ2n) is 4.08. The largest absolute Gasteiger partial charge is 0.459 e. The van der Waals surface area contributed by atoms with Crippen LogP contribution in [0.5, 0.6) is 0 Å². The van der Waals surface area contributed by atoms with Crippen molar-refractivity contribution in [3.05, 3.63) is 35.9 Å². The summed E-state index contributed by atoms with van der Waals surface area (Å²) in [6, 6.07) is 8.64. The first-order chi connectivity index (χ1) is 8.70. The van der Waals surface area contributed by atoms with Crippen LogP contribution in [0.4, 0.5) is 4.39 Å². The third-order valence-corrected chi connectivity index (χ3v) is 2.75. The number of carbonyl (C=O) groups is 1. The van der Waals surface area contributed by atoms with Gasteiger partial charge in [0.05, 0.1) is 11.7 Å². The van der Waals surface area contributed by atoms with E-state index in [0.717, 1.165) is 0 Å². The maximum Gasteiger partial charge on any atom is 0.338 e. The lowest BCUT2D eigenvalue weighted by atomic mass is 10.2. The first-order valence-corrected chi connectivity index (χ1v) is 5.75. The smallest absolute Gasteiger partial charge is 0.338 e. The van der Waals surface area contributed by atoms with Gasteiger partial charge in [0.15, 0.2) is 12.5 Å². The molecule has 0 aliphatic carbocycles. The topological polar surface area (TPSA) is 44.8 Å². The number of halogens is 1. The van der Waals surface area contributed by atoms with Crippen LogP contribution in [0.25, 0.3) is 0 Å². The van der Waals surface area contributed by atoms with Crippen molar-refractivity contribution in [2.75, 3.05) is 13.7 Å². The van der Waals surface area contributed by atoms with Gasteiger partial charge in [-0.15, -0.1) is 0 Å². The maximum atomic E-state index is 13.3. The number of benzene rings is 1. The Morgan fingerprint density at radius 3 is 2.78 bits per heavy atom. The number of methoxy groups -OCH3 is 1. The van der Waals surface area contributed by atoms with Crippen LogP contribution in [-0.2, 0) is 14.2 Å². The summed E-state index contributed by atoms with van der Waals surface area (Å²) < 4.78 is 28.4. The van der Waals surface area contributed by atoms with Crippen molar-refractivity contribution in [3.8, 4) is 0 Å². The van der Waals surface area contributed by atoms with E-state index in [1.807, 2.05) is 6.07 Å². The molecule has 0 aromatic heterocycles. The highest BCUT2D eigenvalue weighted by Crippen LogP contribution is 2.24. The van der Waals surface area contributed by atoms with Gasteiger partial charge in [-0.3, -0.25) is 0 Å². The molecular weight excluding hydrogens is 239 g/mol. The summed E-state index contributed by atoms with van der Waals surface area (Å²) in [5, 5.41) is 0. The Kier molecular flexibility index (Phi) is 4.28. The Labute approximate surface area is 105 Å². The first-order valence-electron chi connectivity index (χ1n) is 5.75. The number of esters is 1. The Bertz CT molecular complexity index is 395. The second-order valence-corrected chi connectivity index (χ2v) is 4.08. The summed E-state index contributed by atoms with van der Waals surface area (Å²) in [4.78, 5) is 11.6. The Morgan fingerprint density at radius 2 is 2.17 bits per heavy atom. The van der Waals surface area contributed by atoms with E-state index in [-0.39, 0.29) is 13.0 Å². The summed E-state index contributed by atoms with van der Waals surface area (Å²) >= 11 is 0. The molecule has 1 heterocycles. The maximum absolute atomic E-state index is 13.3. The molecule has 1 aromatic carbocycles. The highest BCUT2D eigenvalue weighted by molar-refractivity contribution is 5.89. The fourth-order valence-corrected chi connectivity index (χ4v) is 1.83. The Balaban J connectivity index is 1.81. The molecule has 0 saturated carbocycles. The van der Waals surface area contributed by atoms with Crippen molar-refractivity contribution >= 4 is 5.97 Å². The molecule has 1 saturated heterocycles. The zero-order chi connectivity index (χ0) is 13.0. The normalized spacial score (nSPS) is 27.1. The second kappa shape index (κ2) is 5.93. The third-order valence-electron chi connectivity index (χ3n) is 2.75. The van der Waals surface area contributed by atoms with E-state index in [1.54, 1.807) is 24.3 Å². The van der Waals surface area contributed by atoms with E-state index in [2.05, 4.69) is 0 Å². The average Bonchev–Trinajstić information content (AvgIpc) is 2.77. The van der Waals surface area contributed by atoms with Crippen LogP contribution in [0.15, 0.2) is 30.3 Å². The van der Waals surface area contributed by atoms with E-state index in [4.69, 9.17) is 14.2 Å². The van der Waals surface area contributed by atoms with E-state index in [0.29, 0.717) is 5.56 Å². The van der Waals surface area contributed by atoms with Crippen LogP contribution < -0.4 is 0 Å². The summed E-state index contributed by atoms with van der Waals surface area (Å²) in [6.07, 6.45) is -2.29. The molecule has 0 radical (unpaired) electrons. The van der Waals surface area contributed by atoms with Crippen molar-refractivity contribution in [3.63, 3.8) is 0 Å². The van der Waals surface area contributed by atoms with E-state index < -0.39 is 24.5 Å². The predicted molar refractivity (Wildman–Crippen MR) is 61.9 cm³/mol. The molecule has 3 atom stereocenters. The van der Waals surface area contributed by atoms with Gasteiger partial charge in [0.2, 0.25) is 0 Å². The minimum atomic E-state index is -1.17. The van der Waals surface area contributed by atoms with Crippen molar-refractivity contribution < 1.29 is 23.4 Å². The Morgan fingerprint density at radius 1 is 1.44 bits per heavy atom. The summed E-state index contributed by atoms with van der Waals surface area (Å²) in [7, 11) is 1.38. The number of hydrogen-bond acceptors (Lipinski definition) is 4. The number of alkyl halides is 1. The zero-order valence-corrected chi connectivity index (χ0v) is 10.0. The van der Waals surface area contributed by atoms with Gasteiger partial charge in [-0.25, -0.2) is 9.18 Å². The Hall–Kier alpha value is -1.46. The first kappa shape index (κ1) is 13.0. The predicted octanol–water partition coefficient (Wildman–Crippen LogP) is 1.94. The molecule has 0 amide bonds. The number of ether oxygens (including phenoxy) is 3. The monoisotopic (exact) mass is 254 g/mol. The summed E-state index contributed by atoms with van der Waals surface area (Å²) in [6.45, 7) is 0.0357. The van der Waals surface area contributed by atoms with E-state index in [9.17, 15) is 9.18 Å². The molecule has 2 rings (SSSR count). The lowest BCUT2D eigenvalue weighted by Gasteiger charge is -2.12. The van der Waals surface area contributed by atoms with Gasteiger partial charge >= 0.3 is 5.97 Å². The van der Waals surface area contributed by atoms with Gasteiger partial charge in [0, 0.05) is 13.5 Å². The van der Waals surface area contributed by atoms with Gasteiger partial charge in [-0.05, 0) is 12.1 Å². The lowest BCUT2D eigenvalue weighted by Crippen LogP contribution is -2.21. The molecular formula is C13H15FO4.